The summed E-state index contributed by atoms with van der Waals surface area (Å²) in [6, 6.07) is 15.2. The fraction of sp³-hybridized carbons (Fsp3) is 0.360. The van der Waals surface area contributed by atoms with Crippen molar-refractivity contribution in [3.8, 4) is 11.5 Å². The van der Waals surface area contributed by atoms with E-state index < -0.39 is 6.04 Å². The van der Waals surface area contributed by atoms with Crippen LogP contribution >= 0.6 is 11.8 Å². The second kappa shape index (κ2) is 11.1. The summed E-state index contributed by atoms with van der Waals surface area (Å²) in [6.45, 7) is 6.90. The summed E-state index contributed by atoms with van der Waals surface area (Å²) >= 11 is 1.54. The number of thioether (sulfide) groups is 1. The van der Waals surface area contributed by atoms with Gasteiger partial charge >= 0.3 is 5.97 Å². The summed E-state index contributed by atoms with van der Waals surface area (Å²) in [5.74, 6) is 0.926. The molecule has 2 aromatic rings. The van der Waals surface area contributed by atoms with Crippen LogP contribution in [0.1, 0.15) is 37.9 Å². The molecule has 0 saturated carbocycles. The molecule has 0 spiro atoms. The number of nitrogens with zero attached hydrogens (tertiary/aromatic N) is 2. The molecule has 3 rings (SSSR count). The van der Waals surface area contributed by atoms with Crippen molar-refractivity contribution in [3.63, 3.8) is 0 Å². The van der Waals surface area contributed by atoms with E-state index >= 15 is 0 Å². The van der Waals surface area contributed by atoms with Crippen LogP contribution in [0.3, 0.4) is 0 Å². The van der Waals surface area contributed by atoms with Gasteiger partial charge in [-0.25, -0.2) is 9.79 Å². The van der Waals surface area contributed by atoms with Crippen LogP contribution < -0.4 is 9.47 Å². The normalized spacial score (nSPS) is 16.0. The van der Waals surface area contributed by atoms with Crippen molar-refractivity contribution >= 4 is 22.9 Å². The van der Waals surface area contributed by atoms with Gasteiger partial charge in [0.05, 0.1) is 18.8 Å². The van der Waals surface area contributed by atoms with Gasteiger partial charge in [-0.2, -0.15) is 0 Å². The highest BCUT2D eigenvalue weighted by molar-refractivity contribution is 8.13. The number of rotatable bonds is 8. The number of allylic oxidation sites excluding steroid dienone is 1. The Balaban J connectivity index is 1.97. The van der Waals surface area contributed by atoms with Crippen LogP contribution in [0.25, 0.3) is 0 Å². The minimum absolute atomic E-state index is 0.307. The van der Waals surface area contributed by atoms with Crippen LogP contribution in [0.4, 0.5) is 0 Å². The molecule has 170 valence electrons. The minimum atomic E-state index is -0.477. The first-order valence-electron chi connectivity index (χ1n) is 10.7. The second-order valence-electron chi connectivity index (χ2n) is 7.21. The number of ether oxygens (including phenoxy) is 3. The molecule has 1 heterocycles. The maximum absolute atomic E-state index is 12.8. The van der Waals surface area contributed by atoms with E-state index in [9.17, 15) is 4.79 Å². The van der Waals surface area contributed by atoms with Gasteiger partial charge in [0, 0.05) is 12.7 Å². The molecular formula is C25H30N2O4S. The number of hydrogen-bond acceptors (Lipinski definition) is 7. The molecular weight excluding hydrogens is 424 g/mol. The Kier molecular flexibility index (Phi) is 8.22. The van der Waals surface area contributed by atoms with Crippen LogP contribution in [-0.4, -0.2) is 42.6 Å². The number of amidine groups is 1. The molecule has 2 aromatic carbocycles. The fourth-order valence-corrected chi connectivity index (χ4v) is 4.12. The lowest BCUT2D eigenvalue weighted by Crippen LogP contribution is -2.32. The Morgan fingerprint density at radius 1 is 1.06 bits per heavy atom. The first-order chi connectivity index (χ1) is 15.5. The summed E-state index contributed by atoms with van der Waals surface area (Å²) in [5.41, 5.74) is 3.29. The average Bonchev–Trinajstić information content (AvgIpc) is 2.80. The van der Waals surface area contributed by atoms with Gasteiger partial charge in [0.2, 0.25) is 0 Å². The Labute approximate surface area is 194 Å². The van der Waals surface area contributed by atoms with Crippen molar-refractivity contribution in [1.29, 1.82) is 0 Å². The van der Waals surface area contributed by atoms with Gasteiger partial charge in [-0.15, -0.1) is 0 Å². The summed E-state index contributed by atoms with van der Waals surface area (Å²) in [4.78, 5) is 19.6. The molecule has 1 atom stereocenters. The molecule has 0 radical (unpaired) electrons. The zero-order valence-electron chi connectivity index (χ0n) is 19.3. The maximum Gasteiger partial charge on any atom is 0.338 e. The lowest BCUT2D eigenvalue weighted by Gasteiger charge is -2.31. The molecule has 0 aromatic heterocycles. The minimum Gasteiger partial charge on any atom is -0.490 e. The third kappa shape index (κ3) is 5.27. The number of aliphatic imine (C=N–C) groups is 1. The molecule has 1 aliphatic heterocycles. The quantitative estimate of drug-likeness (QED) is 0.511. The highest BCUT2D eigenvalue weighted by Crippen LogP contribution is 2.39. The second-order valence-corrected chi connectivity index (χ2v) is 7.98. The van der Waals surface area contributed by atoms with Gasteiger partial charge in [0.1, 0.15) is 12.6 Å². The van der Waals surface area contributed by atoms with E-state index in [-0.39, 0.29) is 5.97 Å². The Morgan fingerprint density at radius 3 is 2.47 bits per heavy atom. The van der Waals surface area contributed by atoms with Gasteiger partial charge in [-0.3, -0.25) is 0 Å². The Hall–Kier alpha value is -2.93. The van der Waals surface area contributed by atoms with E-state index in [0.717, 1.165) is 22.0 Å². The molecule has 32 heavy (non-hydrogen) atoms. The van der Waals surface area contributed by atoms with Crippen LogP contribution in [0.2, 0.25) is 0 Å². The molecule has 0 fully saturated rings. The largest absolute Gasteiger partial charge is 0.490 e. The molecule has 0 aliphatic carbocycles. The first kappa shape index (κ1) is 23.7. The average molecular weight is 455 g/mol. The predicted octanol–water partition coefficient (Wildman–Crippen LogP) is 5.21. The number of benzene rings is 2. The summed E-state index contributed by atoms with van der Waals surface area (Å²) in [6.07, 6.45) is 1.97. The van der Waals surface area contributed by atoms with E-state index in [1.165, 1.54) is 0 Å². The zero-order chi connectivity index (χ0) is 23.1. The van der Waals surface area contributed by atoms with E-state index in [1.54, 1.807) is 18.7 Å². The van der Waals surface area contributed by atoms with Crippen molar-refractivity contribution in [2.24, 2.45) is 4.99 Å². The van der Waals surface area contributed by atoms with E-state index in [0.29, 0.717) is 36.9 Å². The fourth-order valence-electron chi connectivity index (χ4n) is 3.50. The summed E-state index contributed by atoms with van der Waals surface area (Å²) in [5, 5.41) is 0.836. The van der Waals surface area contributed by atoms with Crippen LogP contribution in [-0.2, 0) is 16.1 Å². The molecule has 1 aliphatic rings. The van der Waals surface area contributed by atoms with Crippen molar-refractivity contribution in [2.75, 3.05) is 26.5 Å². The number of carbonyl (C=O) groups is 1. The van der Waals surface area contributed by atoms with E-state index in [2.05, 4.69) is 0 Å². The third-order valence-electron chi connectivity index (χ3n) is 5.19. The molecule has 0 N–H and O–H groups in total. The van der Waals surface area contributed by atoms with Crippen molar-refractivity contribution in [1.82, 2.24) is 4.90 Å². The summed E-state index contributed by atoms with van der Waals surface area (Å²) < 4.78 is 17.3. The lowest BCUT2D eigenvalue weighted by atomic mass is 9.96. The van der Waals surface area contributed by atoms with Crippen LogP contribution in [0.15, 0.2) is 64.8 Å². The Morgan fingerprint density at radius 2 is 1.81 bits per heavy atom. The predicted molar refractivity (Wildman–Crippen MR) is 129 cm³/mol. The zero-order valence-corrected chi connectivity index (χ0v) is 20.1. The number of esters is 1. The molecule has 0 amide bonds. The van der Waals surface area contributed by atoms with Gasteiger partial charge < -0.3 is 19.1 Å². The van der Waals surface area contributed by atoms with Crippen molar-refractivity contribution in [3.05, 3.63) is 70.9 Å². The smallest absolute Gasteiger partial charge is 0.338 e. The highest BCUT2D eigenvalue weighted by atomic mass is 32.2. The number of hydrogen-bond donors (Lipinski definition) is 0. The topological polar surface area (TPSA) is 60.4 Å². The highest BCUT2D eigenvalue weighted by Gasteiger charge is 2.33. The summed E-state index contributed by atoms with van der Waals surface area (Å²) in [7, 11) is 1.91. The standard InChI is InChI=1S/C25H30N2O4S/c1-6-29-21-15-19(13-14-20(21)31-16-18-11-9-8-10-12-18)23-22(24(28)30-7-2)17(3)27(4)25(26-23)32-5/h8-15,23H,6-7,16H2,1-5H3/t23-/m0/s1. The van der Waals surface area contributed by atoms with Crippen molar-refractivity contribution in [2.45, 2.75) is 33.4 Å². The van der Waals surface area contributed by atoms with Crippen LogP contribution in [0.5, 0.6) is 11.5 Å². The Bertz CT molecular complexity index is 1000. The van der Waals surface area contributed by atoms with Crippen molar-refractivity contribution < 1.29 is 19.0 Å². The van der Waals surface area contributed by atoms with Crippen LogP contribution in [0, 0.1) is 0 Å². The monoisotopic (exact) mass is 454 g/mol. The lowest BCUT2D eigenvalue weighted by molar-refractivity contribution is -0.139. The third-order valence-corrected chi connectivity index (χ3v) is 5.94. The SMILES string of the molecule is CCOC(=O)C1=C(C)N(C)C(SC)=N[C@H]1c1ccc(OCc2ccccc2)c(OCC)c1. The van der Waals surface area contributed by atoms with E-state index in [4.69, 9.17) is 19.2 Å². The molecule has 7 heteroatoms. The first-order valence-corrected chi connectivity index (χ1v) is 11.9. The molecule has 0 bridgehead atoms. The van der Waals surface area contributed by atoms with Gasteiger partial charge in [0.25, 0.3) is 0 Å². The molecule has 0 unspecified atom stereocenters. The molecule has 0 saturated heterocycles. The maximum atomic E-state index is 12.8. The van der Waals surface area contributed by atoms with Gasteiger partial charge in [-0.05, 0) is 50.3 Å². The van der Waals surface area contributed by atoms with Gasteiger partial charge in [0.15, 0.2) is 16.7 Å². The number of carbonyl (C=O) groups excluding carboxylic acids is 1. The van der Waals surface area contributed by atoms with E-state index in [1.807, 2.05) is 80.6 Å². The van der Waals surface area contributed by atoms with Gasteiger partial charge in [-0.1, -0.05) is 48.2 Å². The molecule has 6 nitrogen and oxygen atoms in total.